The summed E-state index contributed by atoms with van der Waals surface area (Å²) in [7, 11) is 0. The van der Waals surface area contributed by atoms with Gasteiger partial charge in [-0.3, -0.25) is 0 Å². The van der Waals surface area contributed by atoms with Crippen molar-refractivity contribution in [3.63, 3.8) is 0 Å². The normalized spacial score (nSPS) is 8.62. The molecule has 0 rings (SSSR count). The van der Waals surface area contributed by atoms with Crippen molar-refractivity contribution in [1.29, 1.82) is 0 Å². The Kier molecular flexibility index (Phi) is 3.75. The number of rotatable bonds is 3. The first-order valence-electron chi connectivity index (χ1n) is 2.42. The van der Waals surface area contributed by atoms with Crippen LogP contribution in [-0.2, 0) is 9.59 Å². The van der Waals surface area contributed by atoms with Crippen molar-refractivity contribution in [2.24, 2.45) is 0 Å². The molecule has 0 fully saturated rings. The minimum absolute atomic E-state index is 0.312. The predicted octanol–water partition coefficient (Wildman–Crippen LogP) is 0.0507. The van der Waals surface area contributed by atoms with E-state index in [1.165, 1.54) is 0 Å². The summed E-state index contributed by atoms with van der Waals surface area (Å²) in [6.45, 7) is 1.86. The third-order valence-corrected chi connectivity index (χ3v) is 1.18. The van der Waals surface area contributed by atoms with E-state index in [-0.39, 0.29) is 5.78 Å². The van der Waals surface area contributed by atoms with E-state index in [2.05, 4.69) is 16.0 Å². The molecule has 3 heteroatoms. The molecule has 0 aromatic heterocycles. The van der Waals surface area contributed by atoms with Gasteiger partial charge in [0.2, 0.25) is 0 Å². The fourth-order valence-electron chi connectivity index (χ4n) is 0.329. The van der Waals surface area contributed by atoms with Crippen molar-refractivity contribution >= 4 is 26.5 Å². The van der Waals surface area contributed by atoms with Crippen LogP contribution < -0.4 is 0 Å². The van der Waals surface area contributed by atoms with Crippen molar-refractivity contribution in [3.8, 4) is 0 Å². The maximum atomic E-state index is 10.4. The molecule has 0 saturated heterocycles. The van der Waals surface area contributed by atoms with Gasteiger partial charge in [-0.25, -0.2) is 0 Å². The summed E-state index contributed by atoms with van der Waals surface area (Å²) in [6.07, 6.45) is 1.11. The molecule has 1 radical (unpaired) electrons. The Morgan fingerprint density at radius 3 is 2.12 bits per heavy atom. The van der Waals surface area contributed by atoms with Crippen LogP contribution in [0.15, 0.2) is 0 Å². The average molecular weight is 178 g/mol. The van der Waals surface area contributed by atoms with Crippen molar-refractivity contribution in [2.45, 2.75) is 19.8 Å². The second-order valence-corrected chi connectivity index (χ2v) is 2.24. The van der Waals surface area contributed by atoms with Gasteiger partial charge in [-0.05, 0) is 0 Å². The molecule has 0 aliphatic rings. The summed E-state index contributed by atoms with van der Waals surface area (Å²) in [4.78, 5) is 20.5. The Hall–Kier alpha value is -0.141. The van der Waals surface area contributed by atoms with Crippen LogP contribution in [0.5, 0.6) is 0 Å². The molecule has 0 aliphatic heterocycles. The van der Waals surface area contributed by atoms with Gasteiger partial charge in [-0.2, -0.15) is 0 Å². The van der Waals surface area contributed by atoms with Crippen LogP contribution >= 0.6 is 0 Å². The molecule has 0 unspecified atom stereocenters. The molecule has 0 aromatic rings. The quantitative estimate of drug-likeness (QED) is 0.452. The van der Waals surface area contributed by atoms with E-state index in [0.717, 1.165) is 6.42 Å². The van der Waals surface area contributed by atoms with Gasteiger partial charge >= 0.3 is 55.8 Å². The molecule has 2 nitrogen and oxygen atoms in total. The van der Waals surface area contributed by atoms with E-state index >= 15 is 0 Å². The Morgan fingerprint density at radius 2 is 2.00 bits per heavy atom. The number of Topliss-reactive ketones (excluding diaryl/α,β-unsaturated/α-hetero) is 1. The Morgan fingerprint density at radius 1 is 1.50 bits per heavy atom. The molecule has 8 heavy (non-hydrogen) atoms. The van der Waals surface area contributed by atoms with E-state index in [0.29, 0.717) is 6.42 Å². The Balaban J connectivity index is 3.49. The van der Waals surface area contributed by atoms with Crippen LogP contribution in [-0.4, -0.2) is 26.5 Å². The fourth-order valence-corrected chi connectivity index (χ4v) is 0.543. The molecule has 0 aliphatic carbocycles. The maximum absolute atomic E-state index is 10.4. The summed E-state index contributed by atoms with van der Waals surface area (Å²) < 4.78 is -0.452. The molecule has 0 bridgehead atoms. The molecule has 0 aromatic carbocycles. The average Bonchev–Trinajstić information content (AvgIpc) is 1.67. The van der Waals surface area contributed by atoms with E-state index < -0.39 is 4.68 Å². The summed E-state index contributed by atoms with van der Waals surface area (Å²) in [5.41, 5.74) is 0. The molecular weight excluding hydrogens is 171 g/mol. The second kappa shape index (κ2) is 3.81. The first kappa shape index (κ1) is 7.86. The predicted molar refractivity (Wildman–Crippen MR) is 30.7 cm³/mol. The SMILES string of the molecule is CCCC(=O)C(=O)[Se]. The summed E-state index contributed by atoms with van der Waals surface area (Å²) in [5.74, 6) is -0.312. The van der Waals surface area contributed by atoms with Crippen LogP contribution in [0.3, 0.4) is 0 Å². The summed E-state index contributed by atoms with van der Waals surface area (Å²) >= 11 is 2.14. The standard InChI is InChI=1S/C5H7O2Se/c1-2-3-4(6)5(7)8/h2-3H2,1H3. The van der Waals surface area contributed by atoms with Crippen LogP contribution in [0.2, 0.25) is 0 Å². The first-order valence-corrected chi connectivity index (χ1v) is 3.28. The first-order chi connectivity index (χ1) is 3.68. The third kappa shape index (κ3) is 2.94. The number of carbonyl (C=O) groups excluding carboxylic acids is 2. The van der Waals surface area contributed by atoms with Crippen molar-refractivity contribution in [3.05, 3.63) is 0 Å². The summed E-state index contributed by atoms with van der Waals surface area (Å²) in [5, 5.41) is 0. The molecule has 45 valence electrons. The molecule has 0 spiro atoms. The monoisotopic (exact) mass is 179 g/mol. The molecule has 0 saturated carbocycles. The number of hydrogen-bond acceptors (Lipinski definition) is 2. The Labute approximate surface area is 56.5 Å². The van der Waals surface area contributed by atoms with Crippen LogP contribution in [0.1, 0.15) is 19.8 Å². The third-order valence-electron chi connectivity index (χ3n) is 0.705. The zero-order valence-electron chi connectivity index (χ0n) is 4.64. The zero-order valence-corrected chi connectivity index (χ0v) is 6.35. The second-order valence-electron chi connectivity index (χ2n) is 1.46. The zero-order chi connectivity index (χ0) is 6.57. The van der Waals surface area contributed by atoms with E-state index in [9.17, 15) is 9.59 Å². The van der Waals surface area contributed by atoms with Gasteiger partial charge in [0.05, 0.1) is 0 Å². The van der Waals surface area contributed by atoms with E-state index in [1.54, 1.807) is 0 Å². The van der Waals surface area contributed by atoms with E-state index in [1.807, 2.05) is 6.92 Å². The van der Waals surface area contributed by atoms with Gasteiger partial charge in [0.25, 0.3) is 0 Å². The summed E-state index contributed by atoms with van der Waals surface area (Å²) in [6, 6.07) is 0. The molecule has 0 heterocycles. The minimum atomic E-state index is -0.452. The van der Waals surface area contributed by atoms with Crippen molar-refractivity contribution in [1.82, 2.24) is 0 Å². The molecule has 0 atom stereocenters. The van der Waals surface area contributed by atoms with Gasteiger partial charge < -0.3 is 0 Å². The van der Waals surface area contributed by atoms with Crippen LogP contribution in [0, 0.1) is 0 Å². The van der Waals surface area contributed by atoms with Crippen LogP contribution in [0.25, 0.3) is 0 Å². The van der Waals surface area contributed by atoms with Gasteiger partial charge in [-0.1, -0.05) is 0 Å². The van der Waals surface area contributed by atoms with Crippen molar-refractivity contribution < 1.29 is 9.59 Å². The number of ketones is 1. The topological polar surface area (TPSA) is 34.1 Å². The van der Waals surface area contributed by atoms with Gasteiger partial charge in [0.1, 0.15) is 0 Å². The van der Waals surface area contributed by atoms with E-state index in [4.69, 9.17) is 0 Å². The van der Waals surface area contributed by atoms with Crippen LogP contribution in [0.4, 0.5) is 0 Å². The Bertz CT molecular complexity index is 109. The molecule has 0 amide bonds. The number of hydrogen-bond donors (Lipinski definition) is 0. The molecular formula is C5H7O2Se. The van der Waals surface area contributed by atoms with Crippen molar-refractivity contribution in [2.75, 3.05) is 0 Å². The van der Waals surface area contributed by atoms with Gasteiger partial charge in [0, 0.05) is 0 Å². The fraction of sp³-hybridized carbons (Fsp3) is 0.600. The molecule has 0 N–H and O–H groups in total. The van der Waals surface area contributed by atoms with Gasteiger partial charge in [0.15, 0.2) is 0 Å². The van der Waals surface area contributed by atoms with Gasteiger partial charge in [-0.15, -0.1) is 0 Å². The number of carbonyl (C=O) groups is 2.